The van der Waals surface area contributed by atoms with Crippen LogP contribution in [-0.2, 0) is 11.2 Å². The molecule has 0 radical (unpaired) electrons. The highest BCUT2D eigenvalue weighted by molar-refractivity contribution is 6.37. The van der Waals surface area contributed by atoms with Crippen molar-refractivity contribution in [1.29, 1.82) is 0 Å². The van der Waals surface area contributed by atoms with Gasteiger partial charge in [0.2, 0.25) is 5.82 Å². The highest BCUT2D eigenvalue weighted by Crippen LogP contribution is 2.29. The Balaban J connectivity index is 2.01. The molecule has 3 rings (SSSR count). The lowest BCUT2D eigenvalue weighted by Crippen LogP contribution is -2.48. The molecule has 26 heavy (non-hydrogen) atoms. The second kappa shape index (κ2) is 7.63. The fourth-order valence-electron chi connectivity index (χ4n) is 3.09. The van der Waals surface area contributed by atoms with Gasteiger partial charge in [-0.25, -0.2) is 14.5 Å². The SMILES string of the molecule is CCc1nc(C(=O)N2CCCC[C@@H]2C(=O)O)nn1-c1c(Cl)cccc1Cl. The largest absolute Gasteiger partial charge is 0.480 e. The first kappa shape index (κ1) is 18.7. The van der Waals surface area contributed by atoms with Crippen LogP contribution in [-0.4, -0.2) is 49.2 Å². The number of benzene rings is 1. The van der Waals surface area contributed by atoms with E-state index in [2.05, 4.69) is 10.1 Å². The van der Waals surface area contributed by atoms with Crippen LogP contribution < -0.4 is 0 Å². The number of hydrogen-bond acceptors (Lipinski definition) is 4. The highest BCUT2D eigenvalue weighted by Gasteiger charge is 2.34. The maximum atomic E-state index is 12.9. The minimum absolute atomic E-state index is 0.0500. The number of piperidine rings is 1. The Kier molecular flexibility index (Phi) is 5.48. The van der Waals surface area contributed by atoms with Crippen molar-refractivity contribution in [1.82, 2.24) is 19.7 Å². The lowest BCUT2D eigenvalue weighted by molar-refractivity contribution is -0.143. The molecule has 7 nitrogen and oxygen atoms in total. The third-order valence-corrected chi connectivity index (χ3v) is 4.99. The van der Waals surface area contributed by atoms with E-state index in [4.69, 9.17) is 23.2 Å². The molecule has 2 aromatic rings. The molecule has 1 atom stereocenters. The average Bonchev–Trinajstić information content (AvgIpc) is 3.05. The van der Waals surface area contributed by atoms with Gasteiger partial charge in [0.1, 0.15) is 17.6 Å². The zero-order valence-corrected chi connectivity index (χ0v) is 15.7. The third kappa shape index (κ3) is 3.41. The molecule has 0 unspecified atom stereocenters. The Labute approximate surface area is 160 Å². The minimum atomic E-state index is -1.01. The van der Waals surface area contributed by atoms with Crippen molar-refractivity contribution in [2.45, 2.75) is 38.6 Å². The number of nitrogens with zero attached hydrogens (tertiary/aromatic N) is 4. The molecule has 1 N–H and O–H groups in total. The van der Waals surface area contributed by atoms with Gasteiger partial charge in [-0.3, -0.25) is 4.79 Å². The van der Waals surface area contributed by atoms with Crippen molar-refractivity contribution in [2.24, 2.45) is 0 Å². The molecule has 1 aromatic heterocycles. The molecule has 2 heterocycles. The molecule has 1 aliphatic rings. The van der Waals surface area contributed by atoms with E-state index in [0.717, 1.165) is 12.8 Å². The van der Waals surface area contributed by atoms with E-state index in [1.807, 2.05) is 6.92 Å². The molecule has 1 fully saturated rings. The molecule has 0 saturated carbocycles. The van der Waals surface area contributed by atoms with Gasteiger partial charge < -0.3 is 10.0 Å². The van der Waals surface area contributed by atoms with E-state index in [1.54, 1.807) is 18.2 Å². The first-order valence-electron chi connectivity index (χ1n) is 8.38. The summed E-state index contributed by atoms with van der Waals surface area (Å²) >= 11 is 12.5. The number of hydrogen-bond donors (Lipinski definition) is 1. The quantitative estimate of drug-likeness (QED) is 0.856. The normalized spacial score (nSPS) is 17.3. The lowest BCUT2D eigenvalue weighted by Gasteiger charge is -2.31. The number of carboxylic acid groups (broad SMARTS) is 1. The number of likely N-dealkylation sites (tertiary alicyclic amines) is 1. The van der Waals surface area contributed by atoms with Crippen molar-refractivity contribution in [3.8, 4) is 5.69 Å². The first-order chi connectivity index (χ1) is 12.4. The van der Waals surface area contributed by atoms with Crippen LogP contribution in [0.1, 0.15) is 42.6 Å². The Bertz CT molecular complexity index is 832. The zero-order chi connectivity index (χ0) is 18.8. The Hall–Kier alpha value is -2.12. The van der Waals surface area contributed by atoms with Gasteiger partial charge >= 0.3 is 5.97 Å². The predicted octanol–water partition coefficient (Wildman–Crippen LogP) is 3.22. The Morgan fingerprint density at radius 1 is 1.27 bits per heavy atom. The van der Waals surface area contributed by atoms with Crippen LogP contribution in [0.15, 0.2) is 18.2 Å². The van der Waals surface area contributed by atoms with E-state index in [-0.39, 0.29) is 5.82 Å². The van der Waals surface area contributed by atoms with Gasteiger partial charge in [-0.1, -0.05) is 36.2 Å². The van der Waals surface area contributed by atoms with Crippen LogP contribution in [0, 0.1) is 0 Å². The molecule has 0 aliphatic carbocycles. The average molecular weight is 397 g/mol. The van der Waals surface area contributed by atoms with Crippen LogP contribution >= 0.6 is 23.2 Å². The summed E-state index contributed by atoms with van der Waals surface area (Å²) in [5.74, 6) is -1.03. The summed E-state index contributed by atoms with van der Waals surface area (Å²) in [4.78, 5) is 30.0. The minimum Gasteiger partial charge on any atom is -0.480 e. The van der Waals surface area contributed by atoms with Gasteiger partial charge in [0, 0.05) is 13.0 Å². The van der Waals surface area contributed by atoms with Crippen LogP contribution in [0.2, 0.25) is 10.0 Å². The fourth-order valence-corrected chi connectivity index (χ4v) is 3.65. The van der Waals surface area contributed by atoms with E-state index >= 15 is 0 Å². The second-order valence-corrected chi connectivity index (χ2v) is 6.85. The Morgan fingerprint density at radius 2 is 1.96 bits per heavy atom. The van der Waals surface area contributed by atoms with Crippen LogP contribution in [0.25, 0.3) is 5.69 Å². The molecule has 1 saturated heterocycles. The maximum Gasteiger partial charge on any atom is 0.326 e. The summed E-state index contributed by atoms with van der Waals surface area (Å²) in [7, 11) is 0. The van der Waals surface area contributed by atoms with Gasteiger partial charge in [-0.15, -0.1) is 5.10 Å². The van der Waals surface area contributed by atoms with Crippen LogP contribution in [0.5, 0.6) is 0 Å². The summed E-state index contributed by atoms with van der Waals surface area (Å²) in [5, 5.41) is 14.5. The van der Waals surface area contributed by atoms with Crippen molar-refractivity contribution in [3.05, 3.63) is 39.9 Å². The van der Waals surface area contributed by atoms with Gasteiger partial charge in [0.05, 0.1) is 10.0 Å². The number of aromatic nitrogens is 3. The van der Waals surface area contributed by atoms with Crippen molar-refractivity contribution < 1.29 is 14.7 Å². The molecule has 9 heteroatoms. The first-order valence-corrected chi connectivity index (χ1v) is 9.13. The van der Waals surface area contributed by atoms with Gasteiger partial charge in [-0.05, 0) is 31.4 Å². The van der Waals surface area contributed by atoms with Gasteiger partial charge in [0.25, 0.3) is 5.91 Å². The fraction of sp³-hybridized carbons (Fsp3) is 0.412. The van der Waals surface area contributed by atoms with Crippen molar-refractivity contribution in [3.63, 3.8) is 0 Å². The third-order valence-electron chi connectivity index (χ3n) is 4.38. The lowest BCUT2D eigenvalue weighted by atomic mass is 10.0. The molecule has 1 amide bonds. The van der Waals surface area contributed by atoms with Crippen LogP contribution in [0.4, 0.5) is 0 Å². The van der Waals surface area contributed by atoms with Crippen molar-refractivity contribution in [2.75, 3.05) is 6.54 Å². The molecule has 0 spiro atoms. The van der Waals surface area contributed by atoms with Gasteiger partial charge in [0.15, 0.2) is 0 Å². The number of amides is 1. The predicted molar refractivity (Wildman–Crippen MR) is 97.1 cm³/mol. The van der Waals surface area contributed by atoms with Gasteiger partial charge in [-0.2, -0.15) is 0 Å². The molecular weight excluding hydrogens is 379 g/mol. The number of halogens is 2. The number of aliphatic carboxylic acids is 1. The Morgan fingerprint density at radius 3 is 2.58 bits per heavy atom. The number of carbonyl (C=O) groups is 2. The van der Waals surface area contributed by atoms with E-state index in [9.17, 15) is 14.7 Å². The van der Waals surface area contributed by atoms with Crippen LogP contribution in [0.3, 0.4) is 0 Å². The van der Waals surface area contributed by atoms with E-state index in [1.165, 1.54) is 9.58 Å². The molecule has 0 bridgehead atoms. The van der Waals surface area contributed by atoms with Crippen molar-refractivity contribution >= 4 is 35.1 Å². The molecular formula is C17H18Cl2N4O3. The number of aryl methyl sites for hydroxylation is 1. The summed E-state index contributed by atoms with van der Waals surface area (Å²) in [5.41, 5.74) is 0.452. The number of carboxylic acids is 1. The van der Waals surface area contributed by atoms with E-state index < -0.39 is 17.9 Å². The summed E-state index contributed by atoms with van der Waals surface area (Å²) in [6.45, 7) is 2.25. The monoisotopic (exact) mass is 396 g/mol. The standard InChI is InChI=1S/C17H18Cl2N4O3/c1-2-13-20-15(16(24)22-9-4-3-8-12(22)17(25)26)21-23(13)14-10(18)6-5-7-11(14)19/h5-7,12H,2-4,8-9H2,1H3,(H,25,26)/t12-/m1/s1. The molecule has 138 valence electrons. The number of rotatable bonds is 4. The summed E-state index contributed by atoms with van der Waals surface area (Å²) in [6, 6.07) is 4.22. The number of carbonyl (C=O) groups excluding carboxylic acids is 1. The summed E-state index contributed by atoms with van der Waals surface area (Å²) < 4.78 is 1.46. The summed E-state index contributed by atoms with van der Waals surface area (Å²) in [6.07, 6.45) is 2.47. The zero-order valence-electron chi connectivity index (χ0n) is 14.2. The maximum absolute atomic E-state index is 12.9. The number of para-hydroxylation sites is 1. The second-order valence-electron chi connectivity index (χ2n) is 6.04. The molecule has 1 aliphatic heterocycles. The van der Waals surface area contributed by atoms with E-state index in [0.29, 0.717) is 40.9 Å². The highest BCUT2D eigenvalue weighted by atomic mass is 35.5. The molecule has 1 aromatic carbocycles. The smallest absolute Gasteiger partial charge is 0.326 e. The topological polar surface area (TPSA) is 88.3 Å².